The smallest absolute Gasteiger partial charge is 0.223 e. The summed E-state index contributed by atoms with van der Waals surface area (Å²) in [6, 6.07) is 0. The summed E-state index contributed by atoms with van der Waals surface area (Å²) >= 11 is 0. The molecule has 1 rings (SSSR count). The zero-order valence-corrected chi connectivity index (χ0v) is 5.59. The van der Waals surface area contributed by atoms with Crippen LogP contribution in [-0.2, 0) is 9.59 Å². The highest BCUT2D eigenvalue weighted by Gasteiger charge is 2.25. The van der Waals surface area contributed by atoms with Gasteiger partial charge in [0.25, 0.3) is 0 Å². The Balaban J connectivity index is 2.40. The normalized spacial score (nSPS) is 24.4. The molecule has 2 amide bonds. The molecule has 0 radical (unpaired) electrons. The maximum atomic E-state index is 10.8. The van der Waals surface area contributed by atoms with Crippen LogP contribution in [0.1, 0.15) is 12.8 Å². The quantitative estimate of drug-likeness (QED) is 0.519. The van der Waals surface area contributed by atoms with Gasteiger partial charge in [0.15, 0.2) is 0 Å². The minimum Gasteiger partial charge on any atom is -0.370 e. The van der Waals surface area contributed by atoms with Gasteiger partial charge in [0.05, 0.1) is 0 Å². The fourth-order valence-corrected chi connectivity index (χ4v) is 1.08. The predicted molar refractivity (Wildman–Crippen MR) is 34.9 cm³/mol. The van der Waals surface area contributed by atoms with Crippen LogP contribution in [0.4, 0.5) is 0 Å². The first-order valence-electron chi connectivity index (χ1n) is 3.26. The molecular formula is C6H10N2O2. The van der Waals surface area contributed by atoms with Gasteiger partial charge in [-0.25, -0.2) is 0 Å². The summed E-state index contributed by atoms with van der Waals surface area (Å²) in [5.74, 6) is -0.613. The molecule has 56 valence electrons. The molecule has 1 aliphatic rings. The molecule has 1 fully saturated rings. The van der Waals surface area contributed by atoms with E-state index in [1.807, 2.05) is 0 Å². The third-order valence-electron chi connectivity index (χ3n) is 1.61. The molecule has 4 heteroatoms. The van der Waals surface area contributed by atoms with Crippen molar-refractivity contribution in [1.82, 2.24) is 5.32 Å². The van der Waals surface area contributed by atoms with Crippen LogP contribution in [0.25, 0.3) is 0 Å². The number of amides is 2. The average molecular weight is 142 g/mol. The number of primary amides is 1. The topological polar surface area (TPSA) is 72.2 Å². The van der Waals surface area contributed by atoms with Crippen LogP contribution < -0.4 is 11.1 Å². The minimum atomic E-state index is -0.401. The van der Waals surface area contributed by atoms with E-state index >= 15 is 0 Å². The first-order valence-corrected chi connectivity index (χ1v) is 3.26. The third kappa shape index (κ3) is 1.46. The molecule has 1 saturated heterocycles. The molecule has 1 atom stereocenters. The lowest BCUT2D eigenvalue weighted by molar-refractivity contribution is -0.126. The van der Waals surface area contributed by atoms with E-state index in [0.29, 0.717) is 6.54 Å². The summed E-state index contributed by atoms with van der Waals surface area (Å²) in [6.45, 7) is 0.677. The van der Waals surface area contributed by atoms with Gasteiger partial charge in [0, 0.05) is 18.9 Å². The lowest BCUT2D eigenvalue weighted by Gasteiger charge is -2.00. The Morgan fingerprint density at radius 3 is 2.90 bits per heavy atom. The van der Waals surface area contributed by atoms with Gasteiger partial charge in [0.2, 0.25) is 11.8 Å². The molecule has 0 saturated carbocycles. The number of nitrogens with one attached hydrogen (secondary N) is 1. The van der Waals surface area contributed by atoms with Crippen molar-refractivity contribution in [3.05, 3.63) is 0 Å². The Labute approximate surface area is 58.8 Å². The highest BCUT2D eigenvalue weighted by atomic mass is 16.2. The third-order valence-corrected chi connectivity index (χ3v) is 1.61. The Hall–Kier alpha value is -1.06. The number of hydrogen-bond acceptors (Lipinski definition) is 2. The molecule has 0 spiro atoms. The summed E-state index contributed by atoms with van der Waals surface area (Å²) in [7, 11) is 0. The number of hydrogen-bond donors (Lipinski definition) is 2. The molecule has 1 aliphatic heterocycles. The summed E-state index contributed by atoms with van der Waals surface area (Å²) in [4.78, 5) is 21.1. The Bertz CT molecular complexity index is 167. The first kappa shape index (κ1) is 7.05. The molecule has 10 heavy (non-hydrogen) atoms. The highest BCUT2D eigenvalue weighted by Crippen LogP contribution is 2.12. The number of nitrogens with two attached hydrogens (primary N) is 1. The minimum absolute atomic E-state index is 0.0428. The second kappa shape index (κ2) is 2.68. The van der Waals surface area contributed by atoms with Gasteiger partial charge in [-0.05, 0) is 6.42 Å². The van der Waals surface area contributed by atoms with Crippen molar-refractivity contribution in [2.75, 3.05) is 6.54 Å². The maximum absolute atomic E-state index is 10.8. The fourth-order valence-electron chi connectivity index (χ4n) is 1.08. The van der Waals surface area contributed by atoms with Gasteiger partial charge in [-0.2, -0.15) is 0 Å². The lowest BCUT2D eigenvalue weighted by Crippen LogP contribution is -2.23. The largest absolute Gasteiger partial charge is 0.370 e. The van der Waals surface area contributed by atoms with Crippen molar-refractivity contribution in [3.63, 3.8) is 0 Å². The number of rotatable bonds is 2. The van der Waals surface area contributed by atoms with E-state index < -0.39 is 5.91 Å². The Kier molecular flexibility index (Phi) is 1.89. The molecule has 3 N–H and O–H groups in total. The maximum Gasteiger partial charge on any atom is 0.223 e. The van der Waals surface area contributed by atoms with Crippen LogP contribution >= 0.6 is 0 Å². The van der Waals surface area contributed by atoms with Crippen molar-refractivity contribution < 1.29 is 9.59 Å². The number of carbonyl (C=O) groups excluding carboxylic acids is 2. The van der Waals surface area contributed by atoms with Crippen LogP contribution in [0, 0.1) is 5.92 Å². The molecule has 0 unspecified atom stereocenters. The van der Waals surface area contributed by atoms with Crippen LogP contribution in [0.2, 0.25) is 0 Å². The van der Waals surface area contributed by atoms with E-state index in [-0.39, 0.29) is 18.2 Å². The van der Waals surface area contributed by atoms with Gasteiger partial charge in [-0.15, -0.1) is 0 Å². The molecule has 4 nitrogen and oxygen atoms in total. The van der Waals surface area contributed by atoms with Crippen LogP contribution in [-0.4, -0.2) is 18.4 Å². The van der Waals surface area contributed by atoms with E-state index in [0.717, 1.165) is 6.42 Å². The molecule has 0 aromatic rings. The molecule has 0 aliphatic carbocycles. The number of carbonyl (C=O) groups is 2. The second-order valence-electron chi connectivity index (χ2n) is 2.45. The van der Waals surface area contributed by atoms with E-state index in [9.17, 15) is 9.59 Å². The van der Waals surface area contributed by atoms with Crippen molar-refractivity contribution in [3.8, 4) is 0 Å². The van der Waals surface area contributed by atoms with Gasteiger partial charge in [-0.1, -0.05) is 0 Å². The summed E-state index contributed by atoms with van der Waals surface area (Å²) in [5.41, 5.74) is 4.92. The summed E-state index contributed by atoms with van der Waals surface area (Å²) < 4.78 is 0. The van der Waals surface area contributed by atoms with Gasteiger partial charge in [-0.3, -0.25) is 9.59 Å². The van der Waals surface area contributed by atoms with Crippen molar-refractivity contribution >= 4 is 11.8 Å². The van der Waals surface area contributed by atoms with Gasteiger partial charge >= 0.3 is 0 Å². The van der Waals surface area contributed by atoms with Crippen molar-refractivity contribution in [1.29, 1.82) is 0 Å². The summed E-state index contributed by atoms with van der Waals surface area (Å²) in [6.07, 6.45) is 0.924. The Morgan fingerprint density at radius 1 is 1.80 bits per heavy atom. The van der Waals surface area contributed by atoms with Crippen molar-refractivity contribution in [2.24, 2.45) is 11.7 Å². The molecule has 1 heterocycles. The average Bonchev–Trinajstić information content (AvgIpc) is 2.15. The lowest BCUT2D eigenvalue weighted by atomic mass is 10.0. The predicted octanol–water partition coefficient (Wildman–Crippen LogP) is -1.00. The monoisotopic (exact) mass is 142 g/mol. The van der Waals surface area contributed by atoms with E-state index in [1.165, 1.54) is 0 Å². The van der Waals surface area contributed by atoms with Crippen LogP contribution in [0.5, 0.6) is 0 Å². The SMILES string of the molecule is NC(=O)C[C@H]1CCNC1=O. The first-order chi connectivity index (χ1) is 4.70. The zero-order chi connectivity index (χ0) is 7.56. The Morgan fingerprint density at radius 2 is 2.50 bits per heavy atom. The van der Waals surface area contributed by atoms with Crippen LogP contribution in [0.3, 0.4) is 0 Å². The second-order valence-corrected chi connectivity index (χ2v) is 2.45. The summed E-state index contributed by atoms with van der Waals surface area (Å²) in [5, 5.41) is 2.63. The van der Waals surface area contributed by atoms with Gasteiger partial charge in [0.1, 0.15) is 0 Å². The molecule has 0 aromatic heterocycles. The van der Waals surface area contributed by atoms with Crippen LogP contribution in [0.15, 0.2) is 0 Å². The zero-order valence-electron chi connectivity index (χ0n) is 5.59. The van der Waals surface area contributed by atoms with E-state index in [1.54, 1.807) is 0 Å². The molecule has 0 bridgehead atoms. The standard InChI is InChI=1S/C6H10N2O2/c7-5(9)3-4-1-2-8-6(4)10/h4H,1-3H2,(H2,7,9)(H,8,10)/t4-/m1/s1. The van der Waals surface area contributed by atoms with Gasteiger partial charge < -0.3 is 11.1 Å². The highest BCUT2D eigenvalue weighted by molar-refractivity contribution is 5.86. The van der Waals surface area contributed by atoms with E-state index in [2.05, 4.69) is 5.32 Å². The molecular weight excluding hydrogens is 132 g/mol. The van der Waals surface area contributed by atoms with Crippen molar-refractivity contribution in [2.45, 2.75) is 12.8 Å². The fraction of sp³-hybridized carbons (Fsp3) is 0.667. The van der Waals surface area contributed by atoms with E-state index in [4.69, 9.17) is 5.73 Å². The molecule has 0 aromatic carbocycles.